The zero-order valence-corrected chi connectivity index (χ0v) is 35.5. The van der Waals surface area contributed by atoms with Crippen molar-refractivity contribution < 1.29 is 24.2 Å². The Morgan fingerprint density at radius 3 is 2.39 bits per heavy atom. The number of Topliss-reactive ketones (excluding diaryl/α,β-unsaturated/α-hetero) is 1. The standard InChI is InChI=1S/C46H69ClN2O5/c1-29(2)41-36(51)24-46(39(52)27-49(22-21-48(8)9)26-31-11-10-12-32(47)23-31)20-16-35-33(42(41)46)13-14-38-44(6)19-17-37(54-40(53)25-43(4,5)28-50)30(3)34(44)15-18-45(35,38)7/h10-12,23,28-30,33-35,37-39,52H,13-22,24-27H2,1-9H3. The van der Waals surface area contributed by atoms with Crippen LogP contribution in [-0.2, 0) is 25.7 Å². The zero-order chi connectivity index (χ0) is 39.4. The molecule has 10 unspecified atom stereocenters. The van der Waals surface area contributed by atoms with Gasteiger partial charge in [0.1, 0.15) is 12.4 Å². The van der Waals surface area contributed by atoms with E-state index in [9.17, 15) is 19.5 Å². The number of fused-ring (bicyclic) bond motifs is 7. The highest BCUT2D eigenvalue weighted by Crippen LogP contribution is 2.72. The first-order chi connectivity index (χ1) is 25.3. The molecule has 0 amide bonds. The summed E-state index contributed by atoms with van der Waals surface area (Å²) in [4.78, 5) is 43.2. The summed E-state index contributed by atoms with van der Waals surface area (Å²) in [6.45, 7) is 18.3. The number of nitrogens with zero attached hydrogens (tertiary/aromatic N) is 2. The number of halogens is 1. The maximum Gasteiger partial charge on any atom is 0.307 e. The fraction of sp³-hybridized carbons (Fsp3) is 0.761. The number of likely N-dealkylation sites (N-methyl/N-ethyl adjacent to an activating group) is 1. The summed E-state index contributed by atoms with van der Waals surface area (Å²) in [6.07, 6.45) is 8.96. The van der Waals surface area contributed by atoms with Crippen molar-refractivity contribution in [2.45, 2.75) is 131 Å². The Morgan fingerprint density at radius 2 is 1.72 bits per heavy atom. The highest BCUT2D eigenvalue weighted by atomic mass is 35.5. The third kappa shape index (κ3) is 7.66. The number of aliphatic hydroxyl groups is 1. The zero-order valence-electron chi connectivity index (χ0n) is 34.8. The molecule has 4 saturated carbocycles. The van der Waals surface area contributed by atoms with Crippen molar-refractivity contribution in [3.05, 3.63) is 46.0 Å². The Hall–Kier alpha value is -2.06. The molecule has 7 nitrogen and oxygen atoms in total. The molecule has 5 aliphatic carbocycles. The second kappa shape index (κ2) is 15.7. The number of ketones is 1. The minimum atomic E-state index is -0.709. The van der Waals surface area contributed by atoms with Gasteiger partial charge in [0.05, 0.1) is 12.5 Å². The number of aliphatic hydroxyl groups excluding tert-OH is 1. The van der Waals surface area contributed by atoms with Crippen LogP contribution in [0.15, 0.2) is 35.4 Å². The maximum atomic E-state index is 14.2. The molecule has 0 heterocycles. The van der Waals surface area contributed by atoms with Crippen molar-refractivity contribution in [3.63, 3.8) is 0 Å². The van der Waals surface area contributed by atoms with Crippen LogP contribution < -0.4 is 0 Å². The normalized spacial score (nSPS) is 35.8. The van der Waals surface area contributed by atoms with Gasteiger partial charge in [-0.3, -0.25) is 14.5 Å². The Balaban J connectivity index is 1.25. The van der Waals surface area contributed by atoms with E-state index < -0.39 is 16.9 Å². The lowest BCUT2D eigenvalue weighted by atomic mass is 9.38. The Kier molecular flexibility index (Phi) is 12.1. The number of ether oxygens (including phenoxy) is 1. The van der Waals surface area contributed by atoms with Gasteiger partial charge in [-0.15, -0.1) is 0 Å². The van der Waals surface area contributed by atoms with Gasteiger partial charge < -0.3 is 19.5 Å². The SMILES string of the molecule is CC(C)C1=C2C3CCC4C(C)(CCC5C(C)C(OC(=O)CC(C)(C)C=O)CCC54C)C3CCC2(C(O)CN(CCN(C)C)Cc2cccc(Cl)c2)CC1=O. The predicted octanol–water partition coefficient (Wildman–Crippen LogP) is 8.79. The molecule has 1 aromatic rings. The maximum absolute atomic E-state index is 14.2. The van der Waals surface area contributed by atoms with Crippen molar-refractivity contribution in [1.29, 1.82) is 0 Å². The van der Waals surface area contributed by atoms with Gasteiger partial charge in [0.25, 0.3) is 0 Å². The molecule has 5 aliphatic rings. The molecule has 1 N–H and O–H groups in total. The summed E-state index contributed by atoms with van der Waals surface area (Å²) in [5.41, 5.74) is 2.57. The third-order valence-electron chi connectivity index (χ3n) is 15.6. The van der Waals surface area contributed by atoms with E-state index in [1.165, 1.54) is 5.57 Å². The first kappa shape index (κ1) is 41.6. The number of hydrogen-bond acceptors (Lipinski definition) is 7. The number of carbonyl (C=O) groups excluding carboxylic acids is 3. The van der Waals surface area contributed by atoms with E-state index >= 15 is 0 Å². The van der Waals surface area contributed by atoms with Crippen LogP contribution in [0.4, 0.5) is 0 Å². The summed E-state index contributed by atoms with van der Waals surface area (Å²) in [5.74, 6) is 2.25. The molecule has 300 valence electrons. The van der Waals surface area contributed by atoms with E-state index in [0.717, 1.165) is 86.9 Å². The largest absolute Gasteiger partial charge is 0.462 e. The lowest BCUT2D eigenvalue weighted by Gasteiger charge is -2.67. The van der Waals surface area contributed by atoms with Gasteiger partial charge in [0, 0.05) is 48.5 Å². The fourth-order valence-electron chi connectivity index (χ4n) is 13.0. The smallest absolute Gasteiger partial charge is 0.307 e. The second-order valence-electron chi connectivity index (χ2n) is 20.2. The Labute approximate surface area is 331 Å². The lowest BCUT2D eigenvalue weighted by molar-refractivity contribution is -0.192. The molecule has 0 saturated heterocycles. The van der Waals surface area contributed by atoms with Crippen molar-refractivity contribution in [3.8, 4) is 0 Å². The molecule has 0 spiro atoms. The number of benzene rings is 1. The number of hydrogen-bond donors (Lipinski definition) is 1. The first-order valence-electron chi connectivity index (χ1n) is 21.1. The molecule has 6 rings (SSSR count). The van der Waals surface area contributed by atoms with Gasteiger partial charge in [0.2, 0.25) is 0 Å². The van der Waals surface area contributed by atoms with Gasteiger partial charge in [-0.2, -0.15) is 0 Å². The molecule has 1 aromatic carbocycles. The summed E-state index contributed by atoms with van der Waals surface area (Å²) in [6, 6.07) is 8.03. The summed E-state index contributed by atoms with van der Waals surface area (Å²) >= 11 is 6.40. The van der Waals surface area contributed by atoms with Crippen LogP contribution in [-0.4, -0.2) is 78.9 Å². The van der Waals surface area contributed by atoms with E-state index in [-0.39, 0.29) is 46.9 Å². The minimum Gasteiger partial charge on any atom is -0.462 e. The highest BCUT2D eigenvalue weighted by Gasteiger charge is 2.66. The van der Waals surface area contributed by atoms with E-state index in [1.54, 1.807) is 13.8 Å². The predicted molar refractivity (Wildman–Crippen MR) is 216 cm³/mol. The van der Waals surface area contributed by atoms with Crippen LogP contribution in [0.25, 0.3) is 0 Å². The van der Waals surface area contributed by atoms with Gasteiger partial charge in [0.15, 0.2) is 5.78 Å². The van der Waals surface area contributed by atoms with Gasteiger partial charge in [-0.05, 0) is 135 Å². The lowest BCUT2D eigenvalue weighted by Crippen LogP contribution is -2.61. The van der Waals surface area contributed by atoms with Crippen LogP contribution in [0.2, 0.25) is 5.02 Å². The molecule has 10 atom stereocenters. The van der Waals surface area contributed by atoms with Crippen molar-refractivity contribution in [1.82, 2.24) is 9.80 Å². The molecule has 0 aromatic heterocycles. The minimum absolute atomic E-state index is 0.102. The van der Waals surface area contributed by atoms with Gasteiger partial charge in [-0.1, -0.05) is 77.8 Å². The van der Waals surface area contributed by atoms with Crippen molar-refractivity contribution in [2.75, 3.05) is 33.7 Å². The number of rotatable bonds is 13. The van der Waals surface area contributed by atoms with E-state index in [2.05, 4.69) is 64.6 Å². The molecule has 0 bridgehead atoms. The quantitative estimate of drug-likeness (QED) is 0.159. The van der Waals surface area contributed by atoms with Gasteiger partial charge >= 0.3 is 5.97 Å². The number of carbonyl (C=O) groups is 3. The second-order valence-corrected chi connectivity index (χ2v) is 20.6. The Bertz CT molecular complexity index is 1600. The molecule has 0 radical (unpaired) electrons. The van der Waals surface area contributed by atoms with E-state index in [1.807, 2.05) is 18.2 Å². The molecular weight excluding hydrogens is 696 g/mol. The summed E-state index contributed by atoms with van der Waals surface area (Å²) < 4.78 is 6.13. The molecular formula is C46H69ClN2O5. The molecule has 4 fully saturated rings. The van der Waals surface area contributed by atoms with E-state index in [4.69, 9.17) is 16.3 Å². The average Bonchev–Trinajstić information content (AvgIpc) is 3.42. The average molecular weight is 766 g/mol. The number of esters is 1. The van der Waals surface area contributed by atoms with Crippen LogP contribution >= 0.6 is 11.6 Å². The van der Waals surface area contributed by atoms with Crippen molar-refractivity contribution >= 4 is 29.6 Å². The van der Waals surface area contributed by atoms with Crippen LogP contribution in [0.3, 0.4) is 0 Å². The van der Waals surface area contributed by atoms with Crippen LogP contribution in [0.5, 0.6) is 0 Å². The topological polar surface area (TPSA) is 87.2 Å². The molecule has 8 heteroatoms. The van der Waals surface area contributed by atoms with Crippen molar-refractivity contribution in [2.24, 2.45) is 57.2 Å². The van der Waals surface area contributed by atoms with Crippen LogP contribution in [0, 0.1) is 57.2 Å². The number of aldehydes is 1. The molecule has 54 heavy (non-hydrogen) atoms. The summed E-state index contributed by atoms with van der Waals surface area (Å²) in [7, 11) is 4.17. The fourth-order valence-corrected chi connectivity index (χ4v) is 13.3. The van der Waals surface area contributed by atoms with Gasteiger partial charge in [-0.25, -0.2) is 0 Å². The third-order valence-corrected chi connectivity index (χ3v) is 15.8. The highest BCUT2D eigenvalue weighted by molar-refractivity contribution is 6.30. The summed E-state index contributed by atoms with van der Waals surface area (Å²) in [5, 5.41) is 13.3. The first-order valence-corrected chi connectivity index (χ1v) is 21.5. The number of allylic oxidation sites excluding steroid dienone is 1. The monoisotopic (exact) mass is 764 g/mol. The van der Waals surface area contributed by atoms with E-state index in [0.29, 0.717) is 43.2 Å². The van der Waals surface area contributed by atoms with Crippen LogP contribution in [0.1, 0.15) is 118 Å². The molecule has 0 aliphatic heterocycles. The Morgan fingerprint density at radius 1 is 1.04 bits per heavy atom.